The number of aromatic nitrogens is 1. The van der Waals surface area contributed by atoms with E-state index in [0.29, 0.717) is 22.5 Å². The van der Waals surface area contributed by atoms with Gasteiger partial charge in [0.05, 0.1) is 11.4 Å². The van der Waals surface area contributed by atoms with Crippen molar-refractivity contribution < 1.29 is 4.39 Å². The van der Waals surface area contributed by atoms with Gasteiger partial charge in [-0.25, -0.2) is 4.98 Å². The normalized spacial score (nSPS) is 16.4. The van der Waals surface area contributed by atoms with Crippen LogP contribution in [0.5, 0.6) is 0 Å². The molecule has 1 aliphatic carbocycles. The summed E-state index contributed by atoms with van der Waals surface area (Å²) in [5.74, 6) is -0.572. The minimum absolute atomic E-state index is 0.344. The predicted octanol–water partition coefficient (Wildman–Crippen LogP) is 3.38. The summed E-state index contributed by atoms with van der Waals surface area (Å²) < 4.78 is 13.0. The Labute approximate surface area is 99.5 Å². The number of nitrogens with zero attached hydrogens (tertiary/aromatic N) is 1. The van der Waals surface area contributed by atoms with Crippen LogP contribution in [-0.2, 0) is 0 Å². The van der Waals surface area contributed by atoms with E-state index in [-0.39, 0.29) is 0 Å². The SMILES string of the molecule is C=C(NC1CCCC1)c1cc(Cl)cc(F)n1. The minimum atomic E-state index is -0.572. The molecule has 0 aliphatic heterocycles. The Morgan fingerprint density at radius 2 is 2.12 bits per heavy atom. The molecule has 4 heteroatoms. The maximum atomic E-state index is 13.0. The van der Waals surface area contributed by atoms with E-state index >= 15 is 0 Å². The molecule has 1 aromatic heterocycles. The van der Waals surface area contributed by atoms with Crippen molar-refractivity contribution in [1.82, 2.24) is 10.3 Å². The number of rotatable bonds is 3. The molecule has 1 heterocycles. The Balaban J connectivity index is 2.07. The maximum Gasteiger partial charge on any atom is 0.214 e. The fraction of sp³-hybridized carbons (Fsp3) is 0.417. The third-order valence-corrected chi connectivity index (χ3v) is 3.02. The van der Waals surface area contributed by atoms with Crippen molar-refractivity contribution >= 4 is 17.3 Å². The predicted molar refractivity (Wildman–Crippen MR) is 63.6 cm³/mol. The fourth-order valence-electron chi connectivity index (χ4n) is 2.01. The molecule has 1 aliphatic rings. The lowest BCUT2D eigenvalue weighted by atomic mass is 10.2. The van der Waals surface area contributed by atoms with Crippen molar-refractivity contribution in [2.45, 2.75) is 31.7 Å². The molecule has 0 atom stereocenters. The van der Waals surface area contributed by atoms with Gasteiger partial charge in [0, 0.05) is 17.1 Å². The van der Waals surface area contributed by atoms with Crippen molar-refractivity contribution in [1.29, 1.82) is 0 Å². The molecular weight excluding hydrogens is 227 g/mol. The van der Waals surface area contributed by atoms with Crippen LogP contribution in [-0.4, -0.2) is 11.0 Å². The molecule has 1 N–H and O–H groups in total. The van der Waals surface area contributed by atoms with Crippen LogP contribution in [0.2, 0.25) is 5.02 Å². The average Bonchev–Trinajstić information content (AvgIpc) is 2.68. The van der Waals surface area contributed by atoms with Gasteiger partial charge in [0.2, 0.25) is 5.95 Å². The maximum absolute atomic E-state index is 13.0. The summed E-state index contributed by atoms with van der Waals surface area (Å²) in [5.41, 5.74) is 1.13. The van der Waals surface area contributed by atoms with Gasteiger partial charge < -0.3 is 5.32 Å². The Kier molecular flexibility index (Phi) is 3.44. The summed E-state index contributed by atoms with van der Waals surface area (Å²) in [4.78, 5) is 3.76. The number of hydrogen-bond acceptors (Lipinski definition) is 2. The van der Waals surface area contributed by atoms with Crippen LogP contribution in [0.4, 0.5) is 4.39 Å². The van der Waals surface area contributed by atoms with Crippen molar-refractivity contribution in [2.24, 2.45) is 0 Å². The van der Waals surface area contributed by atoms with Crippen LogP contribution >= 0.6 is 11.6 Å². The first-order chi connectivity index (χ1) is 7.65. The van der Waals surface area contributed by atoms with Gasteiger partial charge in [-0.2, -0.15) is 4.39 Å². The van der Waals surface area contributed by atoms with Crippen molar-refractivity contribution in [3.63, 3.8) is 0 Å². The monoisotopic (exact) mass is 240 g/mol. The number of halogens is 2. The highest BCUT2D eigenvalue weighted by Gasteiger charge is 2.16. The summed E-state index contributed by atoms with van der Waals surface area (Å²) in [5, 5.41) is 3.61. The lowest BCUT2D eigenvalue weighted by Crippen LogP contribution is -2.24. The molecule has 1 fully saturated rings. The van der Waals surface area contributed by atoms with Gasteiger partial charge in [0.1, 0.15) is 0 Å². The summed E-state index contributed by atoms with van der Waals surface area (Å²) >= 11 is 5.76. The largest absolute Gasteiger partial charge is 0.381 e. The van der Waals surface area contributed by atoms with E-state index in [4.69, 9.17) is 11.6 Å². The molecule has 0 amide bonds. The van der Waals surface area contributed by atoms with E-state index in [0.717, 1.165) is 12.8 Å². The zero-order chi connectivity index (χ0) is 11.5. The highest BCUT2D eigenvalue weighted by Crippen LogP contribution is 2.21. The van der Waals surface area contributed by atoms with Crippen LogP contribution < -0.4 is 5.32 Å². The van der Waals surface area contributed by atoms with E-state index in [1.54, 1.807) is 6.07 Å². The van der Waals surface area contributed by atoms with E-state index in [9.17, 15) is 4.39 Å². The fourth-order valence-corrected chi connectivity index (χ4v) is 2.20. The van der Waals surface area contributed by atoms with Crippen LogP contribution in [0, 0.1) is 5.95 Å². The molecule has 1 aromatic rings. The van der Waals surface area contributed by atoms with Gasteiger partial charge in [0.25, 0.3) is 0 Å². The highest BCUT2D eigenvalue weighted by atomic mass is 35.5. The molecule has 0 radical (unpaired) electrons. The Hall–Kier alpha value is -1.09. The summed E-state index contributed by atoms with van der Waals surface area (Å²) in [6.07, 6.45) is 4.76. The van der Waals surface area contributed by atoms with E-state index < -0.39 is 5.95 Å². The molecule has 0 saturated heterocycles. The van der Waals surface area contributed by atoms with Crippen LogP contribution in [0.3, 0.4) is 0 Å². The van der Waals surface area contributed by atoms with E-state index in [2.05, 4.69) is 16.9 Å². The van der Waals surface area contributed by atoms with Crippen molar-refractivity contribution in [3.05, 3.63) is 35.4 Å². The molecule has 16 heavy (non-hydrogen) atoms. The van der Waals surface area contributed by atoms with Crippen LogP contribution in [0.15, 0.2) is 18.7 Å². The first-order valence-corrected chi connectivity index (χ1v) is 5.82. The topological polar surface area (TPSA) is 24.9 Å². The molecule has 0 bridgehead atoms. The average molecular weight is 241 g/mol. The molecule has 0 unspecified atom stereocenters. The van der Waals surface area contributed by atoms with Crippen molar-refractivity contribution in [2.75, 3.05) is 0 Å². The zero-order valence-corrected chi connectivity index (χ0v) is 9.73. The zero-order valence-electron chi connectivity index (χ0n) is 8.97. The minimum Gasteiger partial charge on any atom is -0.381 e. The second kappa shape index (κ2) is 4.83. The summed E-state index contributed by atoms with van der Waals surface area (Å²) in [6, 6.07) is 3.25. The van der Waals surface area contributed by atoms with E-state index in [1.165, 1.54) is 18.9 Å². The molecule has 86 valence electrons. The van der Waals surface area contributed by atoms with Gasteiger partial charge >= 0.3 is 0 Å². The van der Waals surface area contributed by atoms with Gasteiger partial charge in [-0.3, -0.25) is 0 Å². The van der Waals surface area contributed by atoms with Gasteiger partial charge in [-0.05, 0) is 18.9 Å². The smallest absolute Gasteiger partial charge is 0.214 e. The Bertz CT molecular complexity index is 380. The molecular formula is C12H14ClFN2. The second-order valence-corrected chi connectivity index (χ2v) is 4.53. The number of nitrogens with one attached hydrogen (secondary N) is 1. The molecule has 1 saturated carbocycles. The first kappa shape index (κ1) is 11.4. The third-order valence-electron chi connectivity index (χ3n) is 2.80. The van der Waals surface area contributed by atoms with Crippen molar-refractivity contribution in [3.8, 4) is 0 Å². The van der Waals surface area contributed by atoms with Gasteiger partial charge in [-0.1, -0.05) is 31.0 Å². The van der Waals surface area contributed by atoms with E-state index in [1.807, 2.05) is 0 Å². The summed E-state index contributed by atoms with van der Waals surface area (Å²) in [7, 11) is 0. The van der Waals surface area contributed by atoms with Crippen LogP contribution in [0.1, 0.15) is 31.4 Å². The second-order valence-electron chi connectivity index (χ2n) is 4.10. The highest BCUT2D eigenvalue weighted by molar-refractivity contribution is 6.30. The Morgan fingerprint density at radius 3 is 2.75 bits per heavy atom. The third kappa shape index (κ3) is 2.73. The number of pyridine rings is 1. The van der Waals surface area contributed by atoms with Gasteiger partial charge in [-0.15, -0.1) is 0 Å². The number of hydrogen-bond donors (Lipinski definition) is 1. The lowest BCUT2D eigenvalue weighted by Gasteiger charge is -2.15. The summed E-state index contributed by atoms with van der Waals surface area (Å²) in [6.45, 7) is 3.87. The molecule has 2 rings (SSSR count). The Morgan fingerprint density at radius 1 is 1.44 bits per heavy atom. The first-order valence-electron chi connectivity index (χ1n) is 5.44. The lowest BCUT2D eigenvalue weighted by molar-refractivity contribution is 0.578. The van der Waals surface area contributed by atoms with Gasteiger partial charge in [0.15, 0.2) is 0 Å². The molecule has 2 nitrogen and oxygen atoms in total. The quantitative estimate of drug-likeness (QED) is 0.820. The molecule has 0 spiro atoms. The standard InChI is InChI=1S/C12H14ClFN2/c1-8(15-10-4-2-3-5-10)11-6-9(13)7-12(14)16-11/h6-7,10,15H,1-5H2. The van der Waals surface area contributed by atoms with Crippen LogP contribution in [0.25, 0.3) is 5.70 Å². The molecule has 0 aromatic carbocycles.